The molecule has 1 aromatic heterocycles. The average molecular weight is 327 g/mol. The fourth-order valence-electron chi connectivity index (χ4n) is 4.63. The normalized spacial score (nSPS) is 30.8. The lowest BCUT2D eigenvalue weighted by Gasteiger charge is -2.43. The van der Waals surface area contributed by atoms with E-state index in [0.717, 1.165) is 44.2 Å². The number of H-pyrrole nitrogens is 1. The maximum atomic E-state index is 12.4. The molecule has 1 saturated carbocycles. The van der Waals surface area contributed by atoms with Gasteiger partial charge in [0.2, 0.25) is 5.95 Å². The van der Waals surface area contributed by atoms with Crippen LogP contribution in [0.3, 0.4) is 0 Å². The summed E-state index contributed by atoms with van der Waals surface area (Å²) in [6, 6.07) is 7.71. The number of para-hydroxylation sites is 1. The Morgan fingerprint density at radius 3 is 2.92 bits per heavy atom. The van der Waals surface area contributed by atoms with Crippen LogP contribution in [0.1, 0.15) is 45.4 Å². The summed E-state index contributed by atoms with van der Waals surface area (Å²) in [5.41, 5.74) is 0.0248. The second kappa shape index (κ2) is 5.88. The molecular weight excluding hydrogens is 302 g/mol. The number of benzene rings is 1. The number of hydrogen-bond donors (Lipinski definition) is 2. The summed E-state index contributed by atoms with van der Waals surface area (Å²) in [6.07, 6.45) is 6.31. The van der Waals surface area contributed by atoms with Gasteiger partial charge in [0.25, 0.3) is 5.56 Å². The standard InChI is InChI=1S/C19H25N3O2/c1-19(24)11-5-4-8-14(19)16-10-6-12-22(16)18-20-15-9-3-2-7-13(15)17(23)21-18/h2-3,7,9,14,16,24H,4-6,8,10-12H2,1H3,(H,20,21,23). The lowest BCUT2D eigenvalue weighted by Crippen LogP contribution is -2.49. The molecule has 1 aliphatic heterocycles. The second-order valence-corrected chi connectivity index (χ2v) is 7.52. The van der Waals surface area contributed by atoms with Crippen LogP contribution in [0, 0.1) is 5.92 Å². The van der Waals surface area contributed by atoms with Gasteiger partial charge in [-0.05, 0) is 44.7 Å². The van der Waals surface area contributed by atoms with Crippen LogP contribution in [0.15, 0.2) is 29.1 Å². The van der Waals surface area contributed by atoms with E-state index >= 15 is 0 Å². The SMILES string of the molecule is CC1(O)CCCCC1C1CCCN1c1nc2ccccc2c(=O)[nH]1. The summed E-state index contributed by atoms with van der Waals surface area (Å²) in [4.78, 5) is 22.3. The Morgan fingerprint density at radius 1 is 1.25 bits per heavy atom. The van der Waals surface area contributed by atoms with E-state index in [0.29, 0.717) is 11.3 Å². The summed E-state index contributed by atoms with van der Waals surface area (Å²) in [5.74, 6) is 0.896. The summed E-state index contributed by atoms with van der Waals surface area (Å²) in [7, 11) is 0. The minimum Gasteiger partial charge on any atom is -0.390 e. The van der Waals surface area contributed by atoms with Crippen molar-refractivity contribution >= 4 is 16.9 Å². The molecule has 1 aromatic carbocycles. The number of aromatic amines is 1. The topological polar surface area (TPSA) is 69.2 Å². The molecule has 0 bridgehead atoms. The molecule has 2 aliphatic rings. The van der Waals surface area contributed by atoms with E-state index in [4.69, 9.17) is 4.98 Å². The minimum atomic E-state index is -0.622. The predicted molar refractivity (Wildman–Crippen MR) is 95.3 cm³/mol. The second-order valence-electron chi connectivity index (χ2n) is 7.52. The third kappa shape index (κ3) is 2.61. The number of aliphatic hydroxyl groups is 1. The molecule has 4 rings (SSSR count). The van der Waals surface area contributed by atoms with E-state index in [-0.39, 0.29) is 17.5 Å². The van der Waals surface area contributed by atoms with Gasteiger partial charge in [0, 0.05) is 18.5 Å². The third-order valence-electron chi connectivity index (χ3n) is 5.88. The van der Waals surface area contributed by atoms with Gasteiger partial charge in [-0.3, -0.25) is 9.78 Å². The van der Waals surface area contributed by atoms with Gasteiger partial charge in [-0.2, -0.15) is 0 Å². The number of aromatic nitrogens is 2. The minimum absolute atomic E-state index is 0.0864. The molecule has 2 heterocycles. The predicted octanol–water partition coefficient (Wildman–Crippen LogP) is 2.83. The average Bonchev–Trinajstić information content (AvgIpc) is 3.03. The van der Waals surface area contributed by atoms with E-state index in [1.807, 2.05) is 25.1 Å². The van der Waals surface area contributed by atoms with Crippen LogP contribution in [-0.2, 0) is 0 Å². The highest BCUT2D eigenvalue weighted by Crippen LogP contribution is 2.41. The maximum Gasteiger partial charge on any atom is 0.260 e. The Morgan fingerprint density at radius 2 is 2.08 bits per heavy atom. The van der Waals surface area contributed by atoms with Gasteiger partial charge in [0.05, 0.1) is 16.5 Å². The molecule has 24 heavy (non-hydrogen) atoms. The molecular formula is C19H25N3O2. The highest BCUT2D eigenvalue weighted by Gasteiger charge is 2.43. The summed E-state index contributed by atoms with van der Waals surface area (Å²) < 4.78 is 0. The molecule has 5 nitrogen and oxygen atoms in total. The fourth-order valence-corrected chi connectivity index (χ4v) is 4.63. The van der Waals surface area contributed by atoms with Crippen LogP contribution in [-0.4, -0.2) is 33.3 Å². The van der Waals surface area contributed by atoms with Crippen LogP contribution < -0.4 is 10.5 Å². The highest BCUT2D eigenvalue weighted by molar-refractivity contribution is 5.78. The summed E-state index contributed by atoms with van der Waals surface area (Å²) in [5, 5.41) is 11.5. The van der Waals surface area contributed by atoms with Crippen molar-refractivity contribution in [2.75, 3.05) is 11.4 Å². The van der Waals surface area contributed by atoms with Gasteiger partial charge in [-0.1, -0.05) is 25.0 Å². The van der Waals surface area contributed by atoms with Crippen LogP contribution in [0.4, 0.5) is 5.95 Å². The fraction of sp³-hybridized carbons (Fsp3) is 0.579. The van der Waals surface area contributed by atoms with E-state index < -0.39 is 5.60 Å². The first-order valence-electron chi connectivity index (χ1n) is 9.04. The molecule has 0 radical (unpaired) electrons. The van der Waals surface area contributed by atoms with E-state index in [1.54, 1.807) is 6.07 Å². The summed E-state index contributed by atoms with van der Waals surface area (Å²) >= 11 is 0. The van der Waals surface area contributed by atoms with Crippen molar-refractivity contribution in [3.63, 3.8) is 0 Å². The molecule has 2 aromatic rings. The van der Waals surface area contributed by atoms with Crippen LogP contribution in [0.5, 0.6) is 0 Å². The lowest BCUT2D eigenvalue weighted by molar-refractivity contribution is -0.0411. The molecule has 0 spiro atoms. The monoisotopic (exact) mass is 327 g/mol. The van der Waals surface area contributed by atoms with E-state index in [1.165, 1.54) is 6.42 Å². The quantitative estimate of drug-likeness (QED) is 0.890. The first-order chi connectivity index (χ1) is 11.6. The van der Waals surface area contributed by atoms with E-state index in [2.05, 4.69) is 9.88 Å². The molecule has 1 aliphatic carbocycles. The zero-order chi connectivity index (χ0) is 16.7. The molecule has 3 atom stereocenters. The van der Waals surface area contributed by atoms with Crippen molar-refractivity contribution in [2.24, 2.45) is 5.92 Å². The van der Waals surface area contributed by atoms with Gasteiger partial charge in [-0.15, -0.1) is 0 Å². The Labute approximate surface area is 141 Å². The number of anilines is 1. The molecule has 1 saturated heterocycles. The van der Waals surface area contributed by atoms with Gasteiger partial charge in [0.1, 0.15) is 0 Å². The lowest BCUT2D eigenvalue weighted by atomic mass is 9.72. The van der Waals surface area contributed by atoms with Crippen molar-refractivity contribution in [1.29, 1.82) is 0 Å². The van der Waals surface area contributed by atoms with Gasteiger partial charge < -0.3 is 10.0 Å². The molecule has 2 N–H and O–H groups in total. The molecule has 128 valence electrons. The zero-order valence-electron chi connectivity index (χ0n) is 14.2. The highest BCUT2D eigenvalue weighted by atomic mass is 16.3. The third-order valence-corrected chi connectivity index (χ3v) is 5.88. The smallest absolute Gasteiger partial charge is 0.260 e. The number of fused-ring (bicyclic) bond motifs is 1. The molecule has 0 amide bonds. The molecule has 2 fully saturated rings. The van der Waals surface area contributed by atoms with Crippen molar-refractivity contribution in [2.45, 2.75) is 57.1 Å². The number of rotatable bonds is 2. The molecule has 3 unspecified atom stereocenters. The van der Waals surface area contributed by atoms with Crippen LogP contribution >= 0.6 is 0 Å². The largest absolute Gasteiger partial charge is 0.390 e. The Hall–Kier alpha value is -1.88. The van der Waals surface area contributed by atoms with Crippen molar-refractivity contribution in [3.8, 4) is 0 Å². The van der Waals surface area contributed by atoms with Crippen molar-refractivity contribution < 1.29 is 5.11 Å². The van der Waals surface area contributed by atoms with Crippen molar-refractivity contribution in [3.05, 3.63) is 34.6 Å². The number of nitrogens with one attached hydrogen (secondary N) is 1. The van der Waals surface area contributed by atoms with Crippen LogP contribution in [0.25, 0.3) is 10.9 Å². The molecule has 5 heteroatoms. The Bertz CT molecular complexity index is 799. The van der Waals surface area contributed by atoms with Gasteiger partial charge >= 0.3 is 0 Å². The summed E-state index contributed by atoms with van der Waals surface area (Å²) in [6.45, 7) is 2.86. The van der Waals surface area contributed by atoms with Crippen molar-refractivity contribution in [1.82, 2.24) is 9.97 Å². The zero-order valence-corrected chi connectivity index (χ0v) is 14.2. The first kappa shape index (κ1) is 15.6. The first-order valence-corrected chi connectivity index (χ1v) is 9.04. The Balaban J connectivity index is 1.71. The van der Waals surface area contributed by atoms with Gasteiger partial charge in [0.15, 0.2) is 0 Å². The van der Waals surface area contributed by atoms with E-state index in [9.17, 15) is 9.90 Å². The Kier molecular flexibility index (Phi) is 3.83. The maximum absolute atomic E-state index is 12.4. The van der Waals surface area contributed by atoms with Gasteiger partial charge in [-0.25, -0.2) is 4.98 Å². The van der Waals surface area contributed by atoms with Crippen LogP contribution in [0.2, 0.25) is 0 Å². The number of hydrogen-bond acceptors (Lipinski definition) is 4. The number of nitrogens with zero attached hydrogens (tertiary/aromatic N) is 2.